The average Bonchev–Trinajstić information content (AvgIpc) is 3.32. The Morgan fingerprint density at radius 3 is 1.36 bits per heavy atom. The summed E-state index contributed by atoms with van der Waals surface area (Å²) in [7, 11) is 0. The predicted octanol–water partition coefficient (Wildman–Crippen LogP) is 15.5. The van der Waals surface area contributed by atoms with E-state index in [4.69, 9.17) is 58.5 Å². The number of hydrogen-bond donors (Lipinski definition) is 3. The minimum atomic E-state index is -1.94. The van der Waals surface area contributed by atoms with E-state index in [0.29, 0.717) is 13.0 Å². The van der Waals surface area contributed by atoms with Crippen molar-refractivity contribution in [3.8, 4) is 0 Å². The fourth-order valence-electron chi connectivity index (χ4n) is 8.11. The fraction of sp³-hybridized carbons (Fsp3) is 0.895. The molecule has 0 spiro atoms. The number of unbranched alkanes of at least 4 members (excludes halogenated alkanes) is 27. The summed E-state index contributed by atoms with van der Waals surface area (Å²) in [6, 6.07) is -2.66. The Morgan fingerprint density at radius 1 is 0.480 bits per heavy atom. The second kappa shape index (κ2) is 45.5. The molecule has 3 amide bonds. The highest BCUT2D eigenvalue weighted by molar-refractivity contribution is 7.99. The van der Waals surface area contributed by atoms with E-state index >= 15 is 0 Å². The summed E-state index contributed by atoms with van der Waals surface area (Å²) in [6.45, 7) is 14.2. The third-order valence-electron chi connectivity index (χ3n) is 12.1. The molecule has 0 aromatic rings. The Kier molecular flexibility index (Phi) is 44.1. The van der Waals surface area contributed by atoms with Crippen molar-refractivity contribution in [3.63, 3.8) is 0 Å². The number of thioether (sulfide) groups is 1. The van der Waals surface area contributed by atoms with Crippen LogP contribution in [0.5, 0.6) is 0 Å². The summed E-state index contributed by atoms with van der Waals surface area (Å²) in [5.74, 6) is -2.69. The number of carbonyl (C=O) groups is 6. The molecule has 0 heterocycles. The number of carbonyl (C=O) groups excluding carboxylic acids is 6. The van der Waals surface area contributed by atoms with Crippen LogP contribution in [0.15, 0.2) is 0 Å². The van der Waals surface area contributed by atoms with E-state index in [1.807, 2.05) is 0 Å². The van der Waals surface area contributed by atoms with Gasteiger partial charge in [-0.1, -0.05) is 222 Å². The molecule has 0 fully saturated rings. The molecule has 0 bridgehead atoms. The van der Waals surface area contributed by atoms with Gasteiger partial charge in [-0.15, -0.1) is 0 Å². The highest BCUT2D eigenvalue weighted by Crippen LogP contribution is 2.26. The van der Waals surface area contributed by atoms with Crippen molar-refractivity contribution in [2.45, 2.75) is 294 Å². The highest BCUT2D eigenvalue weighted by atomic mass is 35.6. The van der Waals surface area contributed by atoms with Crippen LogP contribution in [0.1, 0.15) is 261 Å². The molecule has 14 nitrogen and oxygen atoms in total. The van der Waals surface area contributed by atoms with E-state index in [2.05, 4.69) is 29.8 Å². The molecule has 75 heavy (non-hydrogen) atoms. The lowest BCUT2D eigenvalue weighted by atomic mass is 10.0. The summed E-state index contributed by atoms with van der Waals surface area (Å²) in [6.07, 6.45) is 32.5. The molecule has 3 N–H and O–H groups in total. The Balaban J connectivity index is 5.56. The predicted molar refractivity (Wildman–Crippen MR) is 308 cm³/mol. The van der Waals surface area contributed by atoms with E-state index in [1.54, 1.807) is 41.5 Å². The first-order valence-electron chi connectivity index (χ1n) is 29.0. The third kappa shape index (κ3) is 49.7. The van der Waals surface area contributed by atoms with Crippen molar-refractivity contribution < 1.29 is 52.5 Å². The highest BCUT2D eigenvalue weighted by Gasteiger charge is 2.32. The molecule has 0 aliphatic carbocycles. The van der Waals surface area contributed by atoms with E-state index in [0.717, 1.165) is 50.3 Å². The summed E-state index contributed by atoms with van der Waals surface area (Å²) in [5, 5.41) is 7.88. The van der Waals surface area contributed by atoms with Crippen molar-refractivity contribution in [1.82, 2.24) is 16.0 Å². The van der Waals surface area contributed by atoms with Gasteiger partial charge in [-0.3, -0.25) is 14.4 Å². The smallest absolute Gasteiger partial charge is 0.407 e. The molecule has 0 aromatic heterocycles. The lowest BCUT2D eigenvalue weighted by Crippen LogP contribution is -2.54. The van der Waals surface area contributed by atoms with Crippen LogP contribution < -0.4 is 16.0 Å². The average molecular weight is 1150 g/mol. The van der Waals surface area contributed by atoms with Gasteiger partial charge in [0.1, 0.15) is 42.6 Å². The first-order chi connectivity index (χ1) is 35.5. The van der Waals surface area contributed by atoms with Crippen LogP contribution in [0.4, 0.5) is 9.59 Å². The zero-order chi connectivity index (χ0) is 56.2. The Hall–Kier alpha value is -2.36. The molecular formula is C57H104Cl3N3O11S. The maximum Gasteiger partial charge on any atom is 0.407 e. The summed E-state index contributed by atoms with van der Waals surface area (Å²) in [5.41, 5.74) is -1.70. The van der Waals surface area contributed by atoms with Gasteiger partial charge in [-0.25, -0.2) is 14.4 Å². The molecule has 3 atom stereocenters. The quantitative estimate of drug-likeness (QED) is 0.0227. The number of rotatable bonds is 46. The topological polar surface area (TPSA) is 185 Å². The van der Waals surface area contributed by atoms with Gasteiger partial charge in [-0.05, 0) is 60.8 Å². The van der Waals surface area contributed by atoms with Crippen LogP contribution in [0.3, 0.4) is 0 Å². The van der Waals surface area contributed by atoms with Gasteiger partial charge in [0.25, 0.3) is 0 Å². The minimum Gasteiger partial charge on any atom is -0.460 e. The second-order valence-corrected chi connectivity index (χ2v) is 25.7. The summed E-state index contributed by atoms with van der Waals surface area (Å²) in [4.78, 5) is 78.9. The monoisotopic (exact) mass is 1140 g/mol. The number of halogens is 3. The number of alkyl carbamates (subject to hydrolysis) is 2. The van der Waals surface area contributed by atoms with Crippen molar-refractivity contribution in [3.05, 3.63) is 0 Å². The standard InChI is InChI=1S/C57H104Cl3N3O11S/c1-9-11-13-15-17-19-21-23-24-25-27-29-31-33-35-37-41-61-53(68)70-42-46(72-49(64)38-36-34-32-30-28-26-22-20-18-16-14-12-10-2)43-75-44-48(63-54(69)71-45-57(58,59)60)51(66)62-47(52(67)74-56(6,7)8)39-40-50(65)73-55(3,4)5/h46-48H,9-45H2,1-8H3,(H,61,68)(H,62,66)(H,63,69)/t46-,47+,48+/m1/s1. The van der Waals surface area contributed by atoms with Gasteiger partial charge in [0.2, 0.25) is 9.70 Å². The number of nitrogens with one attached hydrogen (secondary N) is 3. The molecule has 0 radical (unpaired) electrons. The third-order valence-corrected chi connectivity index (χ3v) is 13.6. The summed E-state index contributed by atoms with van der Waals surface area (Å²) >= 11 is 18.5. The molecule has 0 unspecified atom stereocenters. The minimum absolute atomic E-state index is 0.0690. The molecule has 0 rings (SSSR count). The van der Waals surface area contributed by atoms with E-state index in [9.17, 15) is 28.8 Å². The van der Waals surface area contributed by atoms with Crippen LogP contribution in [0, 0.1) is 0 Å². The van der Waals surface area contributed by atoms with Gasteiger partial charge in [0.05, 0.1) is 0 Å². The number of esters is 3. The summed E-state index contributed by atoms with van der Waals surface area (Å²) < 4.78 is 25.5. The first-order valence-corrected chi connectivity index (χ1v) is 31.3. The maximum absolute atomic E-state index is 13.9. The zero-order valence-corrected chi connectivity index (χ0v) is 51.0. The van der Waals surface area contributed by atoms with E-state index in [-0.39, 0.29) is 37.4 Å². The number of alkyl halides is 3. The van der Waals surface area contributed by atoms with Crippen molar-refractivity contribution in [1.29, 1.82) is 0 Å². The molecule has 18 heteroatoms. The molecule has 0 saturated carbocycles. The molecule has 440 valence electrons. The SMILES string of the molecule is CCCCCCCCCCCCCCCCCCNC(=O)OC[C@H](CSC[C@H](NC(=O)OCC(Cl)(Cl)Cl)C(=O)N[C@@H](CCC(=O)OC(C)(C)C)C(=O)OC(C)(C)C)OC(=O)CCCCCCCCCCCCCCC. The van der Waals surface area contributed by atoms with Gasteiger partial charge < -0.3 is 39.6 Å². The Bertz CT molecular complexity index is 1510. The fourth-order valence-corrected chi connectivity index (χ4v) is 9.31. The molecule has 0 aliphatic rings. The maximum atomic E-state index is 13.9. The van der Waals surface area contributed by atoms with Crippen LogP contribution >= 0.6 is 46.6 Å². The number of ether oxygens (including phenoxy) is 5. The van der Waals surface area contributed by atoms with Crippen molar-refractivity contribution in [2.24, 2.45) is 0 Å². The molecular weight excluding hydrogens is 1040 g/mol. The van der Waals surface area contributed by atoms with Gasteiger partial charge in [0.15, 0.2) is 0 Å². The zero-order valence-electron chi connectivity index (χ0n) is 47.9. The van der Waals surface area contributed by atoms with Gasteiger partial charge in [0, 0.05) is 30.9 Å². The van der Waals surface area contributed by atoms with Gasteiger partial charge >= 0.3 is 30.1 Å². The molecule has 0 saturated heterocycles. The van der Waals surface area contributed by atoms with Crippen LogP contribution in [0.2, 0.25) is 0 Å². The van der Waals surface area contributed by atoms with Crippen LogP contribution in [0.25, 0.3) is 0 Å². The Morgan fingerprint density at radius 2 is 0.920 bits per heavy atom. The van der Waals surface area contributed by atoms with E-state index < -0.39 is 75.8 Å². The number of amides is 3. The normalized spacial score (nSPS) is 13.1. The lowest BCUT2D eigenvalue weighted by molar-refractivity contribution is -0.160. The van der Waals surface area contributed by atoms with Crippen LogP contribution in [-0.2, 0) is 42.9 Å². The van der Waals surface area contributed by atoms with E-state index in [1.165, 1.54) is 141 Å². The largest absolute Gasteiger partial charge is 0.460 e. The first kappa shape index (κ1) is 72.6. The van der Waals surface area contributed by atoms with Crippen LogP contribution in [-0.4, -0.2) is 100 Å². The van der Waals surface area contributed by atoms with Crippen molar-refractivity contribution in [2.75, 3.05) is 31.3 Å². The van der Waals surface area contributed by atoms with Crippen molar-refractivity contribution >= 4 is 82.6 Å². The molecule has 0 aromatic carbocycles. The lowest BCUT2D eigenvalue weighted by Gasteiger charge is -2.27. The second-order valence-electron chi connectivity index (χ2n) is 22.1. The molecule has 0 aliphatic heterocycles. The van der Waals surface area contributed by atoms with Gasteiger partial charge in [-0.2, -0.15) is 11.8 Å². The Labute approximate surface area is 473 Å². The number of hydrogen-bond acceptors (Lipinski definition) is 12.